The van der Waals surface area contributed by atoms with Crippen LogP contribution in [0.25, 0.3) is 0 Å². The maximum absolute atomic E-state index is 5.68. The summed E-state index contributed by atoms with van der Waals surface area (Å²) in [5, 5.41) is 0. The van der Waals surface area contributed by atoms with Gasteiger partial charge in [0, 0.05) is 12.7 Å². The van der Waals surface area contributed by atoms with E-state index in [0.29, 0.717) is 5.88 Å². The van der Waals surface area contributed by atoms with Crippen LogP contribution in [0.2, 0.25) is 0 Å². The molecule has 1 rings (SSSR count). The summed E-state index contributed by atoms with van der Waals surface area (Å²) in [5.74, 6) is 0.517. The highest BCUT2D eigenvalue weighted by Gasteiger charge is 1.96. The lowest BCUT2D eigenvalue weighted by Crippen LogP contribution is -1.94. The summed E-state index contributed by atoms with van der Waals surface area (Å²) in [6.07, 6.45) is 11.9. The summed E-state index contributed by atoms with van der Waals surface area (Å²) in [6, 6.07) is 0. The lowest BCUT2D eigenvalue weighted by Gasteiger charge is -2.01. The Morgan fingerprint density at radius 3 is 2.60 bits per heavy atom. The SMILES string of the molecule is CCCCCCCCn1cnc(CCl)c1. The van der Waals surface area contributed by atoms with Crippen LogP contribution in [-0.4, -0.2) is 9.55 Å². The summed E-state index contributed by atoms with van der Waals surface area (Å²) in [4.78, 5) is 4.19. The zero-order chi connectivity index (χ0) is 10.9. The van der Waals surface area contributed by atoms with E-state index in [-0.39, 0.29) is 0 Å². The number of rotatable bonds is 8. The van der Waals surface area contributed by atoms with Gasteiger partial charge in [0.05, 0.1) is 17.9 Å². The second-order valence-corrected chi connectivity index (χ2v) is 4.27. The fourth-order valence-electron chi connectivity index (χ4n) is 1.67. The highest BCUT2D eigenvalue weighted by Crippen LogP contribution is 2.07. The summed E-state index contributed by atoms with van der Waals surface area (Å²) in [5.41, 5.74) is 0.975. The van der Waals surface area contributed by atoms with Crippen LogP contribution in [0.1, 0.15) is 51.1 Å². The summed E-state index contributed by atoms with van der Waals surface area (Å²) in [6.45, 7) is 3.33. The minimum Gasteiger partial charge on any atom is -0.337 e. The van der Waals surface area contributed by atoms with Gasteiger partial charge in [0.1, 0.15) is 0 Å². The predicted molar refractivity (Wildman–Crippen MR) is 65.2 cm³/mol. The van der Waals surface area contributed by atoms with Gasteiger partial charge in [0.25, 0.3) is 0 Å². The Bertz CT molecular complexity index is 258. The van der Waals surface area contributed by atoms with E-state index in [2.05, 4.69) is 16.5 Å². The van der Waals surface area contributed by atoms with Crippen LogP contribution in [0.3, 0.4) is 0 Å². The Hall–Kier alpha value is -0.500. The van der Waals surface area contributed by atoms with Crippen molar-refractivity contribution in [2.75, 3.05) is 0 Å². The van der Waals surface area contributed by atoms with Crippen LogP contribution in [0.15, 0.2) is 12.5 Å². The Balaban J connectivity index is 2.04. The van der Waals surface area contributed by atoms with Crippen LogP contribution >= 0.6 is 11.6 Å². The molecule has 0 radical (unpaired) electrons. The summed E-state index contributed by atoms with van der Waals surface area (Å²) in [7, 11) is 0. The molecule has 0 unspecified atom stereocenters. The number of alkyl halides is 1. The van der Waals surface area contributed by atoms with E-state index in [1.807, 2.05) is 12.5 Å². The van der Waals surface area contributed by atoms with Gasteiger partial charge in [-0.1, -0.05) is 39.0 Å². The number of nitrogens with zero attached hydrogens (tertiary/aromatic N) is 2. The molecule has 86 valence electrons. The number of unbranched alkanes of at least 4 members (excludes halogenated alkanes) is 5. The molecular weight excluding hydrogens is 208 g/mol. The van der Waals surface area contributed by atoms with Crippen LogP contribution in [0.4, 0.5) is 0 Å². The molecule has 2 nitrogen and oxygen atoms in total. The Kier molecular flexibility index (Phi) is 6.49. The maximum atomic E-state index is 5.68. The molecule has 3 heteroatoms. The van der Waals surface area contributed by atoms with Gasteiger partial charge in [-0.2, -0.15) is 0 Å². The first-order chi connectivity index (χ1) is 7.36. The lowest BCUT2D eigenvalue weighted by molar-refractivity contribution is 0.557. The highest BCUT2D eigenvalue weighted by atomic mass is 35.5. The van der Waals surface area contributed by atoms with E-state index < -0.39 is 0 Å². The van der Waals surface area contributed by atoms with E-state index >= 15 is 0 Å². The van der Waals surface area contributed by atoms with Gasteiger partial charge in [0.15, 0.2) is 0 Å². The van der Waals surface area contributed by atoms with Crippen LogP contribution in [0.5, 0.6) is 0 Å². The van der Waals surface area contributed by atoms with E-state index in [4.69, 9.17) is 11.6 Å². The summed E-state index contributed by atoms with van der Waals surface area (Å²) >= 11 is 5.68. The number of aryl methyl sites for hydroxylation is 1. The van der Waals surface area contributed by atoms with E-state index in [0.717, 1.165) is 12.2 Å². The molecule has 15 heavy (non-hydrogen) atoms. The van der Waals surface area contributed by atoms with Gasteiger partial charge in [-0.25, -0.2) is 4.98 Å². The van der Waals surface area contributed by atoms with Crippen molar-refractivity contribution >= 4 is 11.6 Å². The standard InChI is InChI=1S/C12H21ClN2/c1-2-3-4-5-6-7-8-15-10-12(9-13)14-11-15/h10-11H,2-9H2,1H3. The minimum atomic E-state index is 0.517. The van der Waals surface area contributed by atoms with Crippen molar-refractivity contribution in [2.45, 2.75) is 57.9 Å². The number of aromatic nitrogens is 2. The van der Waals surface area contributed by atoms with Crippen LogP contribution in [-0.2, 0) is 12.4 Å². The molecule has 0 aromatic carbocycles. The van der Waals surface area contributed by atoms with E-state index in [1.165, 1.54) is 38.5 Å². The normalized spacial score (nSPS) is 10.8. The van der Waals surface area contributed by atoms with Crippen LogP contribution in [0, 0.1) is 0 Å². The third-order valence-corrected chi connectivity index (χ3v) is 2.87. The lowest BCUT2D eigenvalue weighted by atomic mass is 10.1. The Morgan fingerprint density at radius 1 is 1.20 bits per heavy atom. The molecule has 0 aliphatic heterocycles. The zero-order valence-corrected chi connectivity index (χ0v) is 10.3. The molecule has 0 fully saturated rings. The number of halogens is 1. The molecule has 0 saturated heterocycles. The van der Waals surface area contributed by atoms with Crippen molar-refractivity contribution < 1.29 is 0 Å². The molecular formula is C12H21ClN2. The van der Waals surface area contributed by atoms with Crippen molar-refractivity contribution in [3.63, 3.8) is 0 Å². The average molecular weight is 229 g/mol. The van der Waals surface area contributed by atoms with Crippen molar-refractivity contribution in [1.82, 2.24) is 9.55 Å². The van der Waals surface area contributed by atoms with E-state index in [1.54, 1.807) is 0 Å². The first kappa shape index (κ1) is 12.6. The predicted octanol–water partition coefficient (Wildman–Crippen LogP) is 3.98. The first-order valence-electron chi connectivity index (χ1n) is 5.93. The highest BCUT2D eigenvalue weighted by molar-refractivity contribution is 6.16. The Morgan fingerprint density at radius 2 is 1.93 bits per heavy atom. The van der Waals surface area contributed by atoms with Gasteiger partial charge in [-0.05, 0) is 6.42 Å². The second kappa shape index (κ2) is 7.75. The van der Waals surface area contributed by atoms with Crippen molar-refractivity contribution in [3.05, 3.63) is 18.2 Å². The minimum absolute atomic E-state index is 0.517. The first-order valence-corrected chi connectivity index (χ1v) is 6.47. The monoisotopic (exact) mass is 228 g/mol. The molecule has 1 heterocycles. The van der Waals surface area contributed by atoms with Gasteiger partial charge < -0.3 is 4.57 Å². The molecule has 0 bridgehead atoms. The second-order valence-electron chi connectivity index (χ2n) is 4.00. The molecule has 0 spiro atoms. The number of hydrogen-bond donors (Lipinski definition) is 0. The maximum Gasteiger partial charge on any atom is 0.0949 e. The van der Waals surface area contributed by atoms with Gasteiger partial charge in [-0.15, -0.1) is 11.6 Å². The smallest absolute Gasteiger partial charge is 0.0949 e. The third kappa shape index (κ3) is 5.22. The molecule has 1 aromatic heterocycles. The van der Waals surface area contributed by atoms with Crippen molar-refractivity contribution in [2.24, 2.45) is 0 Å². The largest absolute Gasteiger partial charge is 0.337 e. The molecule has 0 N–H and O–H groups in total. The fraction of sp³-hybridized carbons (Fsp3) is 0.750. The molecule has 0 atom stereocenters. The number of imidazole rings is 1. The summed E-state index contributed by atoms with van der Waals surface area (Å²) < 4.78 is 2.14. The van der Waals surface area contributed by atoms with Crippen molar-refractivity contribution in [1.29, 1.82) is 0 Å². The topological polar surface area (TPSA) is 17.8 Å². The fourth-order valence-corrected chi connectivity index (χ4v) is 1.81. The zero-order valence-electron chi connectivity index (χ0n) is 9.58. The third-order valence-electron chi connectivity index (χ3n) is 2.59. The molecule has 0 aliphatic rings. The Labute approximate surface area is 97.7 Å². The molecule has 0 aliphatic carbocycles. The molecule has 1 aromatic rings. The van der Waals surface area contributed by atoms with Crippen molar-refractivity contribution in [3.8, 4) is 0 Å². The van der Waals surface area contributed by atoms with Crippen LogP contribution < -0.4 is 0 Å². The quantitative estimate of drug-likeness (QED) is 0.486. The van der Waals surface area contributed by atoms with Gasteiger partial charge in [-0.3, -0.25) is 0 Å². The number of hydrogen-bond acceptors (Lipinski definition) is 1. The average Bonchev–Trinajstić information content (AvgIpc) is 2.71. The van der Waals surface area contributed by atoms with Gasteiger partial charge in [0.2, 0.25) is 0 Å². The van der Waals surface area contributed by atoms with E-state index in [9.17, 15) is 0 Å². The van der Waals surface area contributed by atoms with Gasteiger partial charge >= 0.3 is 0 Å². The molecule has 0 saturated carbocycles. The molecule has 0 amide bonds.